The SMILES string of the molecule is C[C@@H]1CN(c2nc(-c3ccc(O[C@@H](C)CO)nc3)ccc2C(=O)NS(=O)(=O)c2cccnc2N)C(C)(C)C1.[HH]. The van der Waals surface area contributed by atoms with Crippen molar-refractivity contribution < 1.29 is 24.5 Å². The fourth-order valence-electron chi connectivity index (χ4n) is 4.66. The quantitative estimate of drug-likeness (QED) is 0.386. The smallest absolute Gasteiger partial charge is 0.268 e. The van der Waals surface area contributed by atoms with E-state index in [1.165, 1.54) is 18.3 Å². The van der Waals surface area contributed by atoms with Crippen molar-refractivity contribution in [1.29, 1.82) is 0 Å². The number of hydrogen-bond acceptors (Lipinski definition) is 10. The van der Waals surface area contributed by atoms with Gasteiger partial charge in [0.05, 0.1) is 17.9 Å². The largest absolute Gasteiger partial charge is 0.472 e. The molecule has 4 heterocycles. The van der Waals surface area contributed by atoms with E-state index in [9.17, 15) is 18.3 Å². The highest BCUT2D eigenvalue weighted by Crippen LogP contribution is 2.38. The molecule has 4 rings (SSSR count). The summed E-state index contributed by atoms with van der Waals surface area (Å²) in [4.78, 5) is 28.0. The molecule has 3 aromatic heterocycles. The Bertz CT molecular complexity index is 1440. The minimum Gasteiger partial charge on any atom is -0.472 e. The van der Waals surface area contributed by atoms with Crippen LogP contribution >= 0.6 is 0 Å². The van der Waals surface area contributed by atoms with E-state index in [4.69, 9.17) is 15.5 Å². The Hall–Kier alpha value is -3.77. The Kier molecular flexibility index (Phi) is 7.56. The van der Waals surface area contributed by atoms with E-state index in [0.717, 1.165) is 6.42 Å². The molecule has 0 aliphatic carbocycles. The minimum absolute atomic E-state index is 0. The van der Waals surface area contributed by atoms with Crippen molar-refractivity contribution in [3.05, 3.63) is 54.4 Å². The van der Waals surface area contributed by atoms with Gasteiger partial charge in [-0.1, -0.05) is 6.92 Å². The van der Waals surface area contributed by atoms with E-state index in [-0.39, 0.29) is 29.8 Å². The van der Waals surface area contributed by atoms with E-state index < -0.39 is 22.0 Å². The van der Waals surface area contributed by atoms with Crippen LogP contribution in [0.25, 0.3) is 11.3 Å². The molecular weight excluding hydrogens is 508 g/mol. The first-order valence-electron chi connectivity index (χ1n) is 12.2. The predicted octanol–water partition coefficient (Wildman–Crippen LogP) is 2.87. The molecule has 0 spiro atoms. The summed E-state index contributed by atoms with van der Waals surface area (Å²) in [5, 5.41) is 9.20. The lowest BCUT2D eigenvalue weighted by Gasteiger charge is -2.34. The van der Waals surface area contributed by atoms with Crippen LogP contribution < -0.4 is 20.1 Å². The molecule has 4 N–H and O–H groups in total. The van der Waals surface area contributed by atoms with Crippen molar-refractivity contribution in [2.24, 2.45) is 5.92 Å². The van der Waals surface area contributed by atoms with Gasteiger partial charge in [0, 0.05) is 37.5 Å². The fourth-order valence-corrected chi connectivity index (χ4v) is 5.71. The topological polar surface area (TPSA) is 161 Å². The molecular formula is C26H34N6O5S. The highest BCUT2D eigenvalue weighted by atomic mass is 32.2. The maximum Gasteiger partial charge on any atom is 0.268 e. The number of pyridine rings is 3. The van der Waals surface area contributed by atoms with Gasteiger partial charge in [0.1, 0.15) is 22.6 Å². The van der Waals surface area contributed by atoms with Crippen LogP contribution in [0.4, 0.5) is 11.6 Å². The van der Waals surface area contributed by atoms with E-state index in [1.807, 2.05) is 4.90 Å². The molecule has 11 nitrogen and oxygen atoms in total. The summed E-state index contributed by atoms with van der Waals surface area (Å²) in [5.41, 5.74) is 6.78. The molecule has 0 unspecified atom stereocenters. The third-order valence-corrected chi connectivity index (χ3v) is 7.75. The summed E-state index contributed by atoms with van der Waals surface area (Å²) in [6.07, 6.45) is 3.45. The van der Waals surface area contributed by atoms with Crippen molar-refractivity contribution in [3.8, 4) is 17.1 Å². The van der Waals surface area contributed by atoms with Crippen molar-refractivity contribution in [1.82, 2.24) is 19.7 Å². The second-order valence-electron chi connectivity index (χ2n) is 10.1. The lowest BCUT2D eigenvalue weighted by Crippen LogP contribution is -2.41. The van der Waals surface area contributed by atoms with Crippen LogP contribution in [0.1, 0.15) is 45.9 Å². The van der Waals surface area contributed by atoms with Gasteiger partial charge in [-0.15, -0.1) is 0 Å². The molecule has 0 aromatic carbocycles. The molecule has 3 aromatic rings. The molecule has 12 heteroatoms. The van der Waals surface area contributed by atoms with Crippen LogP contribution in [-0.2, 0) is 10.0 Å². The van der Waals surface area contributed by atoms with Gasteiger partial charge in [-0.3, -0.25) is 4.79 Å². The van der Waals surface area contributed by atoms with Crippen molar-refractivity contribution in [2.45, 2.75) is 50.7 Å². The van der Waals surface area contributed by atoms with Crippen molar-refractivity contribution in [3.63, 3.8) is 0 Å². The van der Waals surface area contributed by atoms with E-state index >= 15 is 0 Å². The monoisotopic (exact) mass is 542 g/mol. The fraction of sp³-hybridized carbons (Fsp3) is 0.385. The molecule has 38 heavy (non-hydrogen) atoms. The number of amides is 1. The zero-order valence-corrected chi connectivity index (χ0v) is 22.6. The van der Waals surface area contributed by atoms with Crippen molar-refractivity contribution in [2.75, 3.05) is 23.8 Å². The lowest BCUT2D eigenvalue weighted by atomic mass is 9.97. The number of aliphatic hydroxyl groups excluding tert-OH is 1. The van der Waals surface area contributed by atoms with Gasteiger partial charge in [0.15, 0.2) is 0 Å². The van der Waals surface area contributed by atoms with Crippen LogP contribution in [0.15, 0.2) is 53.7 Å². The summed E-state index contributed by atoms with van der Waals surface area (Å²) in [6, 6.07) is 9.38. The minimum atomic E-state index is -4.27. The summed E-state index contributed by atoms with van der Waals surface area (Å²) in [6.45, 7) is 8.50. The zero-order chi connectivity index (χ0) is 27.7. The zero-order valence-electron chi connectivity index (χ0n) is 21.7. The number of rotatable bonds is 8. The number of ether oxygens (including phenoxy) is 1. The molecule has 0 saturated carbocycles. The predicted molar refractivity (Wildman–Crippen MR) is 145 cm³/mol. The number of nitrogen functional groups attached to an aromatic ring is 1. The molecule has 1 fully saturated rings. The Balaban J connectivity index is 0.00000420. The summed E-state index contributed by atoms with van der Waals surface area (Å²) >= 11 is 0. The Morgan fingerprint density at radius 3 is 2.66 bits per heavy atom. The number of anilines is 2. The number of nitrogens with two attached hydrogens (primary N) is 1. The van der Waals surface area contributed by atoms with Crippen LogP contribution in [0, 0.1) is 5.92 Å². The number of sulfonamides is 1. The normalized spacial score (nSPS) is 17.7. The van der Waals surface area contributed by atoms with Crippen LogP contribution in [0.2, 0.25) is 0 Å². The summed E-state index contributed by atoms with van der Waals surface area (Å²) in [7, 11) is -4.27. The molecule has 204 valence electrons. The van der Waals surface area contributed by atoms with Gasteiger partial charge in [-0.05, 0) is 63.4 Å². The Morgan fingerprint density at radius 1 is 1.29 bits per heavy atom. The lowest BCUT2D eigenvalue weighted by molar-refractivity contribution is 0.0981. The number of nitrogens with one attached hydrogen (secondary N) is 1. The van der Waals surface area contributed by atoms with Gasteiger partial charge >= 0.3 is 0 Å². The number of nitrogens with zero attached hydrogens (tertiary/aromatic N) is 4. The Morgan fingerprint density at radius 2 is 2.05 bits per heavy atom. The van der Waals surface area contributed by atoms with Crippen LogP contribution in [0.5, 0.6) is 5.88 Å². The second-order valence-corrected chi connectivity index (χ2v) is 11.8. The molecule has 1 aliphatic rings. The summed E-state index contributed by atoms with van der Waals surface area (Å²) in [5.74, 6) is 0.0533. The molecule has 1 amide bonds. The van der Waals surface area contributed by atoms with Gasteiger partial charge in [0.25, 0.3) is 15.9 Å². The maximum atomic E-state index is 13.4. The van der Waals surface area contributed by atoms with Gasteiger partial charge in [-0.25, -0.2) is 28.1 Å². The standard InChI is InChI=1S/C26H32N6O5S.H2/c1-16-12-26(3,4)32(14-16)24-19(25(34)31-38(35,36)21-6-5-11-28-23(21)27)8-9-20(30-24)18-7-10-22(29-13-18)37-17(2)15-33;/h5-11,13,16-17,33H,12,14-15H2,1-4H3,(H2,27,28)(H,31,34);1H/t16-,17-;/m0./s1. The van der Waals surface area contributed by atoms with Gasteiger partial charge in [0.2, 0.25) is 5.88 Å². The number of aromatic nitrogens is 3. The van der Waals surface area contributed by atoms with Crippen LogP contribution in [-0.4, -0.2) is 59.2 Å². The summed E-state index contributed by atoms with van der Waals surface area (Å²) < 4.78 is 33.5. The third kappa shape index (κ3) is 5.70. The van der Waals surface area contributed by atoms with E-state index in [1.54, 1.807) is 37.4 Å². The molecule has 2 atom stereocenters. The first kappa shape index (κ1) is 27.3. The third-order valence-electron chi connectivity index (χ3n) is 6.38. The second kappa shape index (κ2) is 10.5. The van der Waals surface area contributed by atoms with Gasteiger partial charge < -0.3 is 20.5 Å². The average molecular weight is 543 g/mol. The molecule has 0 bridgehead atoms. The number of carbonyl (C=O) groups is 1. The number of aliphatic hydroxyl groups is 1. The van der Waals surface area contributed by atoms with Gasteiger partial charge in [-0.2, -0.15) is 0 Å². The average Bonchev–Trinajstić information content (AvgIpc) is 3.15. The maximum absolute atomic E-state index is 13.4. The molecule has 1 aliphatic heterocycles. The first-order chi connectivity index (χ1) is 17.9. The van der Waals surface area contributed by atoms with E-state index in [0.29, 0.717) is 35.4 Å². The molecule has 1 saturated heterocycles. The first-order valence-corrected chi connectivity index (χ1v) is 13.7. The number of hydrogen-bond donors (Lipinski definition) is 3. The molecule has 0 radical (unpaired) electrons. The van der Waals surface area contributed by atoms with Crippen molar-refractivity contribution >= 4 is 27.6 Å². The van der Waals surface area contributed by atoms with Crippen LogP contribution in [0.3, 0.4) is 0 Å². The van der Waals surface area contributed by atoms with E-state index in [2.05, 4.69) is 35.5 Å². The Labute approximate surface area is 223 Å². The highest BCUT2D eigenvalue weighted by Gasteiger charge is 2.39. The number of carbonyl (C=O) groups excluding carboxylic acids is 1. The highest BCUT2D eigenvalue weighted by molar-refractivity contribution is 7.90.